The predicted octanol–water partition coefficient (Wildman–Crippen LogP) is 2.75. The summed E-state index contributed by atoms with van der Waals surface area (Å²) in [6.45, 7) is 11.5. The fourth-order valence-corrected chi connectivity index (χ4v) is 5.11. The molecule has 0 radical (unpaired) electrons. The average Bonchev–Trinajstić information content (AvgIpc) is 3.27. The highest BCUT2D eigenvalue weighted by atomic mass is 16.6. The Bertz CT molecular complexity index is 718. The first-order valence-corrected chi connectivity index (χ1v) is 10.4. The summed E-state index contributed by atoms with van der Waals surface area (Å²) in [6, 6.07) is -1.42. The van der Waals surface area contributed by atoms with Gasteiger partial charge in [-0.1, -0.05) is 32.9 Å². The molecule has 162 valence electrons. The summed E-state index contributed by atoms with van der Waals surface area (Å²) in [6.07, 6.45) is 4.80. The molecule has 2 aliphatic carbocycles. The van der Waals surface area contributed by atoms with Crippen molar-refractivity contribution in [2.75, 3.05) is 13.7 Å². The normalized spacial score (nSPS) is 31.4. The molecule has 1 saturated carbocycles. The van der Waals surface area contributed by atoms with Gasteiger partial charge in [-0.25, -0.2) is 9.59 Å². The molecule has 0 unspecified atom stereocenters. The van der Waals surface area contributed by atoms with Gasteiger partial charge in [-0.2, -0.15) is 0 Å². The number of nitrogens with one attached hydrogen (secondary N) is 1. The van der Waals surface area contributed by atoms with E-state index in [1.54, 1.807) is 25.7 Å². The first-order valence-electron chi connectivity index (χ1n) is 10.4. The molecule has 3 aliphatic rings. The lowest BCUT2D eigenvalue weighted by atomic mass is 9.82. The molecule has 1 aliphatic heterocycles. The van der Waals surface area contributed by atoms with E-state index in [9.17, 15) is 14.4 Å². The molecule has 6 atom stereocenters. The Morgan fingerprint density at radius 2 is 1.69 bits per heavy atom. The van der Waals surface area contributed by atoms with Crippen LogP contribution in [-0.4, -0.2) is 54.2 Å². The molecular formula is C22H34N2O5. The first kappa shape index (κ1) is 21.7. The van der Waals surface area contributed by atoms with Gasteiger partial charge in [-0.3, -0.25) is 4.79 Å². The van der Waals surface area contributed by atoms with Crippen LogP contribution in [0.15, 0.2) is 12.2 Å². The quantitative estimate of drug-likeness (QED) is 0.575. The summed E-state index contributed by atoms with van der Waals surface area (Å²) in [4.78, 5) is 40.3. The molecule has 2 amide bonds. The van der Waals surface area contributed by atoms with E-state index >= 15 is 0 Å². The van der Waals surface area contributed by atoms with Gasteiger partial charge in [-0.05, 0) is 50.4 Å². The molecule has 0 spiro atoms. The molecule has 1 saturated heterocycles. The number of alkyl carbamates (subject to hydrolysis) is 1. The minimum Gasteiger partial charge on any atom is -0.467 e. The second-order valence-corrected chi connectivity index (χ2v) is 10.6. The van der Waals surface area contributed by atoms with Gasteiger partial charge in [0.05, 0.1) is 7.11 Å². The highest BCUT2D eigenvalue weighted by Gasteiger charge is 2.59. The molecule has 1 heterocycles. The number of nitrogens with zero attached hydrogens (tertiary/aromatic N) is 1. The van der Waals surface area contributed by atoms with Crippen LogP contribution in [0, 0.1) is 29.1 Å². The number of ether oxygens (including phenoxy) is 2. The third-order valence-corrected chi connectivity index (χ3v) is 6.30. The molecule has 0 aromatic heterocycles. The maximum absolute atomic E-state index is 13.6. The maximum Gasteiger partial charge on any atom is 0.408 e. The monoisotopic (exact) mass is 406 g/mol. The van der Waals surface area contributed by atoms with E-state index in [4.69, 9.17) is 9.47 Å². The Morgan fingerprint density at radius 1 is 1.07 bits per heavy atom. The van der Waals surface area contributed by atoms with Crippen LogP contribution in [0.25, 0.3) is 0 Å². The summed E-state index contributed by atoms with van der Waals surface area (Å²) in [5.41, 5.74) is -1.22. The number of fused-ring (bicyclic) bond motifs is 5. The van der Waals surface area contributed by atoms with Gasteiger partial charge in [0.15, 0.2) is 0 Å². The number of esters is 1. The molecule has 0 aromatic carbocycles. The SMILES string of the molecule is COC(=O)[C@@H]1[C@@H]2[C@H](CN1C(=O)[C@@H](NC(=O)OC(C)(C)C)C(C)(C)C)[C@@H]1C=C[C@H]2C1. The van der Waals surface area contributed by atoms with Crippen molar-refractivity contribution in [3.8, 4) is 0 Å². The summed E-state index contributed by atoms with van der Waals surface area (Å²) in [7, 11) is 1.36. The molecule has 0 aromatic rings. The Morgan fingerprint density at radius 3 is 2.24 bits per heavy atom. The van der Waals surface area contributed by atoms with E-state index in [1.807, 2.05) is 20.8 Å². The van der Waals surface area contributed by atoms with Crippen LogP contribution >= 0.6 is 0 Å². The van der Waals surface area contributed by atoms with E-state index in [1.165, 1.54) is 7.11 Å². The highest BCUT2D eigenvalue weighted by molar-refractivity contribution is 5.91. The van der Waals surface area contributed by atoms with Crippen LogP contribution in [0.5, 0.6) is 0 Å². The summed E-state index contributed by atoms with van der Waals surface area (Å²) in [5.74, 6) is 0.425. The van der Waals surface area contributed by atoms with Crippen molar-refractivity contribution in [2.24, 2.45) is 29.1 Å². The highest BCUT2D eigenvalue weighted by Crippen LogP contribution is 2.54. The van der Waals surface area contributed by atoms with Gasteiger partial charge in [0.2, 0.25) is 5.91 Å². The lowest BCUT2D eigenvalue weighted by molar-refractivity contribution is -0.154. The minimum atomic E-state index is -0.811. The van der Waals surface area contributed by atoms with Crippen LogP contribution in [0.1, 0.15) is 48.0 Å². The zero-order chi connectivity index (χ0) is 21.7. The van der Waals surface area contributed by atoms with Gasteiger partial charge in [0.25, 0.3) is 0 Å². The number of carbonyl (C=O) groups is 3. The third-order valence-electron chi connectivity index (χ3n) is 6.30. The Labute approximate surface area is 173 Å². The Hall–Kier alpha value is -2.05. The number of amides is 2. The van der Waals surface area contributed by atoms with Crippen molar-refractivity contribution in [2.45, 2.75) is 65.6 Å². The van der Waals surface area contributed by atoms with Crippen LogP contribution in [-0.2, 0) is 19.1 Å². The van der Waals surface area contributed by atoms with E-state index in [2.05, 4.69) is 17.5 Å². The van der Waals surface area contributed by atoms with Crippen LogP contribution in [0.4, 0.5) is 4.79 Å². The van der Waals surface area contributed by atoms with Gasteiger partial charge in [0.1, 0.15) is 17.7 Å². The van der Waals surface area contributed by atoms with Gasteiger partial charge in [0, 0.05) is 12.5 Å². The zero-order valence-electron chi connectivity index (χ0n) is 18.5. The number of rotatable bonds is 3. The third kappa shape index (κ3) is 4.14. The molecule has 1 N–H and O–H groups in total. The topological polar surface area (TPSA) is 84.9 Å². The van der Waals surface area contributed by atoms with Crippen molar-refractivity contribution < 1.29 is 23.9 Å². The van der Waals surface area contributed by atoms with E-state index in [0.29, 0.717) is 18.4 Å². The molecule has 7 heteroatoms. The van der Waals surface area contributed by atoms with Gasteiger partial charge >= 0.3 is 12.1 Å². The van der Waals surface area contributed by atoms with E-state index < -0.39 is 29.2 Å². The van der Waals surface area contributed by atoms with Crippen molar-refractivity contribution in [1.82, 2.24) is 10.2 Å². The van der Waals surface area contributed by atoms with Crippen LogP contribution in [0.3, 0.4) is 0 Å². The average molecular weight is 407 g/mol. The summed E-state index contributed by atoms with van der Waals surface area (Å²) >= 11 is 0. The van der Waals surface area contributed by atoms with E-state index in [-0.39, 0.29) is 23.7 Å². The molecule has 3 rings (SSSR count). The van der Waals surface area contributed by atoms with E-state index in [0.717, 1.165) is 6.42 Å². The molecular weight excluding hydrogens is 372 g/mol. The maximum atomic E-state index is 13.6. The summed E-state index contributed by atoms with van der Waals surface area (Å²) < 4.78 is 10.4. The van der Waals surface area contributed by atoms with Crippen molar-refractivity contribution in [1.29, 1.82) is 0 Å². The van der Waals surface area contributed by atoms with Crippen LogP contribution in [0.2, 0.25) is 0 Å². The van der Waals surface area contributed by atoms with Crippen molar-refractivity contribution in [3.05, 3.63) is 12.2 Å². The lowest BCUT2D eigenvalue weighted by Crippen LogP contribution is -2.58. The number of carbonyl (C=O) groups excluding carboxylic acids is 3. The Kier molecular flexibility index (Phi) is 5.47. The number of hydrogen-bond acceptors (Lipinski definition) is 5. The number of hydrogen-bond donors (Lipinski definition) is 1. The number of likely N-dealkylation sites (tertiary alicyclic amines) is 1. The Balaban J connectivity index is 1.85. The molecule has 2 bridgehead atoms. The van der Waals surface area contributed by atoms with Gasteiger partial charge in [-0.15, -0.1) is 0 Å². The second kappa shape index (κ2) is 7.33. The van der Waals surface area contributed by atoms with Gasteiger partial charge < -0.3 is 19.7 Å². The molecule has 7 nitrogen and oxygen atoms in total. The predicted molar refractivity (Wildman–Crippen MR) is 108 cm³/mol. The zero-order valence-corrected chi connectivity index (χ0v) is 18.5. The first-order chi connectivity index (χ1) is 13.3. The summed E-state index contributed by atoms with van der Waals surface area (Å²) in [5, 5.41) is 2.75. The van der Waals surface area contributed by atoms with Crippen molar-refractivity contribution in [3.63, 3.8) is 0 Å². The number of allylic oxidation sites excluding steroid dienone is 2. The smallest absolute Gasteiger partial charge is 0.408 e. The largest absolute Gasteiger partial charge is 0.467 e. The molecule has 2 fully saturated rings. The lowest BCUT2D eigenvalue weighted by Gasteiger charge is -2.36. The fraction of sp³-hybridized carbons (Fsp3) is 0.773. The second-order valence-electron chi connectivity index (χ2n) is 10.6. The standard InChI is InChI=1S/C22H34N2O5/c1-21(2,3)17(23-20(27)29-22(4,5)6)18(25)24-11-14-12-8-9-13(10-12)15(14)16(24)19(26)28-7/h8-9,12-17H,10-11H2,1-7H3,(H,23,27)/t12-,13+,14-,15+,16+,17-/m1/s1. The van der Waals surface area contributed by atoms with Crippen LogP contribution < -0.4 is 5.32 Å². The number of methoxy groups -OCH3 is 1. The fourth-order valence-electron chi connectivity index (χ4n) is 5.11. The molecule has 29 heavy (non-hydrogen) atoms. The minimum absolute atomic E-state index is 0.0866. The van der Waals surface area contributed by atoms with Crippen molar-refractivity contribution >= 4 is 18.0 Å².